The van der Waals surface area contributed by atoms with Crippen molar-refractivity contribution >= 4 is 22.1 Å². The molecule has 0 aliphatic rings. The van der Waals surface area contributed by atoms with Gasteiger partial charge in [0.05, 0.1) is 0 Å². The fourth-order valence-corrected chi connectivity index (χ4v) is 3.27. The molecule has 4 heteroatoms. The van der Waals surface area contributed by atoms with Crippen LogP contribution in [-0.4, -0.2) is 11.5 Å². The predicted octanol–water partition coefficient (Wildman–Crippen LogP) is 4.60. The van der Waals surface area contributed by atoms with Gasteiger partial charge >= 0.3 is 0 Å². The smallest absolute Gasteiger partial charge is 0.131 e. The van der Waals surface area contributed by atoms with Crippen LogP contribution in [0.3, 0.4) is 0 Å². The molecule has 3 rings (SSSR count). The van der Waals surface area contributed by atoms with Gasteiger partial charge in [0.1, 0.15) is 10.8 Å². The van der Waals surface area contributed by atoms with Crippen LogP contribution in [0, 0.1) is 5.82 Å². The van der Waals surface area contributed by atoms with E-state index >= 15 is 0 Å². The molecule has 3 aromatic rings. The molecule has 2 aromatic carbocycles. The summed E-state index contributed by atoms with van der Waals surface area (Å²) in [7, 11) is 0. The van der Waals surface area contributed by atoms with Crippen LogP contribution in [0.25, 0.3) is 21.3 Å². The van der Waals surface area contributed by atoms with Crippen LogP contribution in [0.15, 0.2) is 42.6 Å². The fraction of sp³-hybridized carbons (Fsp3) is 0.235. The lowest BCUT2D eigenvalue weighted by molar-refractivity contribution is 0.640. The van der Waals surface area contributed by atoms with Gasteiger partial charge in [-0.2, -0.15) is 0 Å². The minimum atomic E-state index is -0.184. The van der Waals surface area contributed by atoms with Crippen molar-refractivity contribution in [2.45, 2.75) is 19.9 Å². The molecule has 0 aliphatic heterocycles. The van der Waals surface area contributed by atoms with Gasteiger partial charge in [0, 0.05) is 28.6 Å². The van der Waals surface area contributed by atoms with Crippen molar-refractivity contribution in [1.82, 2.24) is 10.3 Å². The van der Waals surface area contributed by atoms with E-state index in [-0.39, 0.29) is 5.82 Å². The number of halogens is 1. The Balaban J connectivity index is 1.96. The third-order valence-corrected chi connectivity index (χ3v) is 4.41. The molecule has 0 saturated heterocycles. The molecule has 0 bridgehead atoms. The highest BCUT2D eigenvalue weighted by Crippen LogP contribution is 2.32. The highest BCUT2D eigenvalue weighted by atomic mass is 32.1. The molecule has 2 nitrogen and oxygen atoms in total. The minimum absolute atomic E-state index is 0.184. The van der Waals surface area contributed by atoms with Crippen molar-refractivity contribution in [3.63, 3.8) is 0 Å². The Morgan fingerprint density at radius 3 is 2.76 bits per heavy atom. The van der Waals surface area contributed by atoms with Crippen LogP contribution >= 0.6 is 11.3 Å². The van der Waals surface area contributed by atoms with Crippen molar-refractivity contribution in [3.05, 3.63) is 53.3 Å². The molecule has 1 N–H and O–H groups in total. The number of hydrogen-bond acceptors (Lipinski definition) is 3. The summed E-state index contributed by atoms with van der Waals surface area (Å²) in [5, 5.41) is 5.88. The fourth-order valence-electron chi connectivity index (χ4n) is 2.35. The van der Waals surface area contributed by atoms with Gasteiger partial charge in [-0.05, 0) is 30.5 Å². The van der Waals surface area contributed by atoms with Crippen molar-refractivity contribution in [2.24, 2.45) is 0 Å². The van der Waals surface area contributed by atoms with E-state index in [4.69, 9.17) is 0 Å². The van der Waals surface area contributed by atoms with Gasteiger partial charge < -0.3 is 5.32 Å². The second-order valence-electron chi connectivity index (χ2n) is 4.95. The Labute approximate surface area is 127 Å². The van der Waals surface area contributed by atoms with E-state index < -0.39 is 0 Å². The average molecular weight is 300 g/mol. The molecule has 0 saturated carbocycles. The lowest BCUT2D eigenvalue weighted by atomic mass is 10.0. The second-order valence-corrected chi connectivity index (χ2v) is 6.06. The Bertz CT molecular complexity index is 751. The number of fused-ring (bicyclic) bond motifs is 1. The van der Waals surface area contributed by atoms with Gasteiger partial charge in [-0.15, -0.1) is 11.3 Å². The number of nitrogens with one attached hydrogen (secondary N) is 1. The molecule has 108 valence electrons. The zero-order valence-electron chi connectivity index (χ0n) is 11.9. The van der Waals surface area contributed by atoms with Crippen molar-refractivity contribution in [3.8, 4) is 10.6 Å². The van der Waals surface area contributed by atoms with Crippen LogP contribution in [-0.2, 0) is 6.54 Å². The number of benzene rings is 2. The maximum atomic E-state index is 13.9. The normalized spacial score (nSPS) is 11.1. The van der Waals surface area contributed by atoms with Gasteiger partial charge in [0.2, 0.25) is 0 Å². The van der Waals surface area contributed by atoms with Crippen LogP contribution in [0.4, 0.5) is 4.39 Å². The first kappa shape index (κ1) is 14.2. The summed E-state index contributed by atoms with van der Waals surface area (Å²) in [6.45, 7) is 3.99. The molecule has 21 heavy (non-hydrogen) atoms. The standard InChI is InChI=1S/C17H17FN2S/c1-2-9-19-10-12-11-20-17(21-12)15-7-8-16(18)14-6-4-3-5-13(14)15/h3-8,11,19H,2,9-10H2,1H3. The SMILES string of the molecule is CCCNCc1cnc(-c2ccc(F)c3ccccc23)s1. The van der Waals surface area contributed by atoms with E-state index in [1.165, 1.54) is 10.9 Å². The summed E-state index contributed by atoms with van der Waals surface area (Å²) in [6, 6.07) is 10.9. The van der Waals surface area contributed by atoms with Crippen LogP contribution in [0.2, 0.25) is 0 Å². The quantitative estimate of drug-likeness (QED) is 0.696. The zero-order chi connectivity index (χ0) is 14.7. The van der Waals surface area contributed by atoms with Crippen LogP contribution in [0.5, 0.6) is 0 Å². The molecule has 0 fully saturated rings. The molecular weight excluding hydrogens is 283 g/mol. The first-order chi connectivity index (χ1) is 10.3. The number of aromatic nitrogens is 1. The summed E-state index contributed by atoms with van der Waals surface area (Å²) >= 11 is 1.66. The van der Waals surface area contributed by atoms with Gasteiger partial charge in [0.15, 0.2) is 0 Å². The maximum absolute atomic E-state index is 13.9. The molecule has 0 amide bonds. The molecule has 1 aromatic heterocycles. The molecule has 0 spiro atoms. The average Bonchev–Trinajstić information content (AvgIpc) is 2.97. The van der Waals surface area contributed by atoms with Crippen molar-refractivity contribution < 1.29 is 4.39 Å². The van der Waals surface area contributed by atoms with E-state index in [1.54, 1.807) is 11.3 Å². The highest BCUT2D eigenvalue weighted by Gasteiger charge is 2.10. The summed E-state index contributed by atoms with van der Waals surface area (Å²) in [6.07, 6.45) is 3.02. The third kappa shape index (κ3) is 2.96. The molecule has 1 heterocycles. The lowest BCUT2D eigenvalue weighted by Crippen LogP contribution is -2.12. The summed E-state index contributed by atoms with van der Waals surface area (Å²) in [5.74, 6) is -0.184. The molecule has 0 atom stereocenters. The highest BCUT2D eigenvalue weighted by molar-refractivity contribution is 7.15. The Hall–Kier alpha value is -1.78. The first-order valence-electron chi connectivity index (χ1n) is 7.12. The predicted molar refractivity (Wildman–Crippen MR) is 87.0 cm³/mol. The van der Waals surface area contributed by atoms with E-state index in [1.807, 2.05) is 36.5 Å². The van der Waals surface area contributed by atoms with Gasteiger partial charge in [-0.25, -0.2) is 9.37 Å². The minimum Gasteiger partial charge on any atom is -0.312 e. The summed E-state index contributed by atoms with van der Waals surface area (Å²) < 4.78 is 13.9. The molecular formula is C17H17FN2S. The monoisotopic (exact) mass is 300 g/mol. The lowest BCUT2D eigenvalue weighted by Gasteiger charge is -2.04. The van der Waals surface area contributed by atoms with Gasteiger partial charge in [-0.1, -0.05) is 31.2 Å². The van der Waals surface area contributed by atoms with Gasteiger partial charge in [-0.3, -0.25) is 0 Å². The Kier molecular flexibility index (Phi) is 4.27. The van der Waals surface area contributed by atoms with Gasteiger partial charge in [0.25, 0.3) is 0 Å². The van der Waals surface area contributed by atoms with Crippen molar-refractivity contribution in [2.75, 3.05) is 6.54 Å². The van der Waals surface area contributed by atoms with E-state index in [2.05, 4.69) is 17.2 Å². The van der Waals surface area contributed by atoms with Crippen molar-refractivity contribution in [1.29, 1.82) is 0 Å². The Morgan fingerprint density at radius 1 is 1.14 bits per heavy atom. The topological polar surface area (TPSA) is 24.9 Å². The van der Waals surface area contributed by atoms with E-state index in [0.29, 0.717) is 5.39 Å². The zero-order valence-corrected chi connectivity index (χ0v) is 12.7. The maximum Gasteiger partial charge on any atom is 0.131 e. The largest absolute Gasteiger partial charge is 0.312 e. The molecule has 0 unspecified atom stereocenters. The summed E-state index contributed by atoms with van der Waals surface area (Å²) in [5.41, 5.74) is 0.999. The van der Waals surface area contributed by atoms with Crippen LogP contribution in [0.1, 0.15) is 18.2 Å². The van der Waals surface area contributed by atoms with Crippen LogP contribution < -0.4 is 5.32 Å². The van der Waals surface area contributed by atoms with E-state index in [9.17, 15) is 4.39 Å². The van der Waals surface area contributed by atoms with E-state index in [0.717, 1.165) is 35.5 Å². The number of rotatable bonds is 5. The number of hydrogen-bond donors (Lipinski definition) is 1. The number of nitrogens with zero attached hydrogens (tertiary/aromatic N) is 1. The Morgan fingerprint density at radius 2 is 1.95 bits per heavy atom. The summed E-state index contributed by atoms with van der Waals surface area (Å²) in [4.78, 5) is 5.70. The first-order valence-corrected chi connectivity index (χ1v) is 7.94. The third-order valence-electron chi connectivity index (χ3n) is 3.38. The second kappa shape index (κ2) is 6.33. The number of thiazole rings is 1. The molecule has 0 radical (unpaired) electrons. The molecule has 0 aliphatic carbocycles.